The summed E-state index contributed by atoms with van der Waals surface area (Å²) in [5.41, 5.74) is -0.287. The summed E-state index contributed by atoms with van der Waals surface area (Å²) >= 11 is 0. The van der Waals surface area contributed by atoms with Crippen LogP contribution < -0.4 is 4.74 Å². The molecule has 1 aliphatic rings. The van der Waals surface area contributed by atoms with Gasteiger partial charge >= 0.3 is 6.18 Å². The molecule has 0 radical (unpaired) electrons. The van der Waals surface area contributed by atoms with Gasteiger partial charge in [0.2, 0.25) is 5.92 Å². The molecule has 0 bridgehead atoms. The molecule has 1 aromatic carbocycles. The Morgan fingerprint density at radius 1 is 1.24 bits per heavy atom. The monoisotopic (exact) mass is 308 g/mol. The lowest BCUT2D eigenvalue weighted by Crippen LogP contribution is -2.38. The van der Waals surface area contributed by atoms with E-state index in [2.05, 4.69) is 0 Å². The first-order valence-electron chi connectivity index (χ1n) is 6.80. The lowest BCUT2D eigenvalue weighted by atomic mass is 9.82. The zero-order chi connectivity index (χ0) is 15.8. The predicted molar refractivity (Wildman–Crippen MR) is 68.7 cm³/mol. The first-order valence-corrected chi connectivity index (χ1v) is 6.80. The van der Waals surface area contributed by atoms with Crippen LogP contribution in [-0.4, -0.2) is 12.5 Å². The molecule has 6 heteroatoms. The molecule has 0 unspecified atom stereocenters. The minimum Gasteiger partial charge on any atom is -0.493 e. The summed E-state index contributed by atoms with van der Waals surface area (Å²) in [7, 11) is 0. The smallest absolute Gasteiger partial charge is 0.419 e. The summed E-state index contributed by atoms with van der Waals surface area (Å²) < 4.78 is 69.6. The van der Waals surface area contributed by atoms with Gasteiger partial charge in [-0.25, -0.2) is 8.78 Å². The van der Waals surface area contributed by atoms with Crippen molar-refractivity contribution < 1.29 is 26.7 Å². The van der Waals surface area contributed by atoms with Gasteiger partial charge in [-0.05, 0) is 23.6 Å². The molecule has 0 saturated heterocycles. The topological polar surface area (TPSA) is 9.23 Å². The second-order valence-corrected chi connectivity index (χ2v) is 5.85. The minimum atomic E-state index is -4.52. The molecule has 0 heterocycles. The lowest BCUT2D eigenvalue weighted by Gasteiger charge is -2.34. The number of benzene rings is 1. The molecule has 21 heavy (non-hydrogen) atoms. The molecule has 0 spiro atoms. The number of hydrogen-bond donors (Lipinski definition) is 0. The molecule has 118 valence electrons. The van der Waals surface area contributed by atoms with E-state index in [1.807, 2.05) is 0 Å². The van der Waals surface area contributed by atoms with Crippen molar-refractivity contribution in [1.29, 1.82) is 0 Å². The van der Waals surface area contributed by atoms with Gasteiger partial charge in [-0.2, -0.15) is 13.2 Å². The summed E-state index contributed by atoms with van der Waals surface area (Å²) in [4.78, 5) is 0. The van der Waals surface area contributed by atoms with Crippen molar-refractivity contribution in [1.82, 2.24) is 0 Å². The van der Waals surface area contributed by atoms with Gasteiger partial charge in [0.25, 0.3) is 0 Å². The SMILES string of the molecule is CC(C)c1ccc(OCC2CC(F)(F)C2)c(C(F)(F)F)c1. The van der Waals surface area contributed by atoms with E-state index in [1.54, 1.807) is 19.9 Å². The van der Waals surface area contributed by atoms with Crippen LogP contribution in [-0.2, 0) is 6.18 Å². The van der Waals surface area contributed by atoms with E-state index in [0.717, 1.165) is 6.07 Å². The molecule has 0 amide bonds. The van der Waals surface area contributed by atoms with Crippen LogP contribution in [0.5, 0.6) is 5.75 Å². The van der Waals surface area contributed by atoms with Crippen LogP contribution in [0.25, 0.3) is 0 Å². The second kappa shape index (κ2) is 5.46. The maximum Gasteiger partial charge on any atom is 0.419 e. The highest BCUT2D eigenvalue weighted by Crippen LogP contribution is 2.43. The van der Waals surface area contributed by atoms with Crippen LogP contribution in [0.15, 0.2) is 18.2 Å². The summed E-state index contributed by atoms with van der Waals surface area (Å²) in [6.07, 6.45) is -5.17. The van der Waals surface area contributed by atoms with Gasteiger partial charge in [-0.1, -0.05) is 19.9 Å². The molecule has 1 saturated carbocycles. The minimum absolute atomic E-state index is 0.0366. The highest BCUT2D eigenvalue weighted by Gasteiger charge is 2.45. The molecule has 0 atom stereocenters. The van der Waals surface area contributed by atoms with Crippen molar-refractivity contribution in [2.45, 2.75) is 44.7 Å². The molecule has 2 rings (SSSR count). The Balaban J connectivity index is 2.11. The molecule has 1 aromatic rings. The third-order valence-corrected chi connectivity index (χ3v) is 3.62. The van der Waals surface area contributed by atoms with E-state index in [4.69, 9.17) is 4.74 Å². The molecule has 1 fully saturated rings. The van der Waals surface area contributed by atoms with Crippen molar-refractivity contribution in [3.05, 3.63) is 29.3 Å². The third-order valence-electron chi connectivity index (χ3n) is 3.62. The standard InChI is InChI=1S/C15H17F5O/c1-9(2)11-3-4-13(12(5-11)15(18,19)20)21-8-10-6-14(16,17)7-10/h3-5,9-10H,6-8H2,1-2H3. The van der Waals surface area contributed by atoms with Crippen molar-refractivity contribution in [2.75, 3.05) is 6.61 Å². The lowest BCUT2D eigenvalue weighted by molar-refractivity contribution is -0.140. The van der Waals surface area contributed by atoms with E-state index >= 15 is 0 Å². The van der Waals surface area contributed by atoms with Crippen LogP contribution in [0.4, 0.5) is 22.0 Å². The molecule has 1 aliphatic carbocycles. The molecular weight excluding hydrogens is 291 g/mol. The first-order chi connectivity index (χ1) is 9.58. The Labute approximate surface area is 120 Å². The van der Waals surface area contributed by atoms with Gasteiger partial charge in [0.15, 0.2) is 0 Å². The van der Waals surface area contributed by atoms with E-state index in [0.29, 0.717) is 5.56 Å². The molecular formula is C15H17F5O. The maximum atomic E-state index is 13.0. The zero-order valence-corrected chi connectivity index (χ0v) is 11.8. The number of halogens is 5. The fourth-order valence-electron chi connectivity index (χ4n) is 2.36. The van der Waals surface area contributed by atoms with Crippen molar-refractivity contribution in [3.8, 4) is 5.75 Å². The highest BCUT2D eigenvalue weighted by molar-refractivity contribution is 5.40. The van der Waals surface area contributed by atoms with Crippen LogP contribution in [0, 0.1) is 5.92 Å². The molecule has 1 nitrogen and oxygen atoms in total. The normalized spacial score (nSPS) is 18.7. The van der Waals surface area contributed by atoms with Crippen LogP contribution in [0.1, 0.15) is 43.7 Å². The summed E-state index contributed by atoms with van der Waals surface area (Å²) in [5, 5.41) is 0. The number of rotatable bonds is 4. The fourth-order valence-corrected chi connectivity index (χ4v) is 2.36. The van der Waals surface area contributed by atoms with Crippen LogP contribution in [0.2, 0.25) is 0 Å². The van der Waals surface area contributed by atoms with Gasteiger partial charge in [0, 0.05) is 18.8 Å². The number of ether oxygens (including phenoxy) is 1. The maximum absolute atomic E-state index is 13.0. The molecule has 0 N–H and O–H groups in total. The van der Waals surface area contributed by atoms with E-state index < -0.39 is 17.7 Å². The van der Waals surface area contributed by atoms with E-state index in [-0.39, 0.29) is 37.0 Å². The number of alkyl halides is 5. The van der Waals surface area contributed by atoms with Gasteiger partial charge in [-0.3, -0.25) is 0 Å². The predicted octanol–water partition coefficient (Wildman–Crippen LogP) is 5.25. The Morgan fingerprint density at radius 3 is 2.33 bits per heavy atom. The first kappa shape index (κ1) is 16.0. The molecule has 0 aliphatic heterocycles. The van der Waals surface area contributed by atoms with E-state index in [9.17, 15) is 22.0 Å². The Bertz CT molecular complexity index is 499. The summed E-state index contributed by atoms with van der Waals surface area (Å²) in [5.74, 6) is -3.40. The average molecular weight is 308 g/mol. The van der Waals surface area contributed by atoms with Crippen LogP contribution >= 0.6 is 0 Å². The Morgan fingerprint density at radius 2 is 1.86 bits per heavy atom. The van der Waals surface area contributed by atoms with Gasteiger partial charge in [-0.15, -0.1) is 0 Å². The summed E-state index contributed by atoms with van der Waals surface area (Å²) in [6.45, 7) is 3.48. The third kappa shape index (κ3) is 3.86. The summed E-state index contributed by atoms with van der Waals surface area (Å²) in [6, 6.07) is 3.91. The molecule has 0 aromatic heterocycles. The van der Waals surface area contributed by atoms with Gasteiger partial charge in [0.05, 0.1) is 12.2 Å². The van der Waals surface area contributed by atoms with Gasteiger partial charge < -0.3 is 4.74 Å². The average Bonchev–Trinajstić information content (AvgIpc) is 2.32. The largest absolute Gasteiger partial charge is 0.493 e. The van der Waals surface area contributed by atoms with E-state index in [1.165, 1.54) is 6.07 Å². The van der Waals surface area contributed by atoms with Gasteiger partial charge in [0.1, 0.15) is 5.75 Å². The van der Waals surface area contributed by atoms with Crippen molar-refractivity contribution in [3.63, 3.8) is 0 Å². The Kier molecular flexibility index (Phi) is 4.17. The quantitative estimate of drug-likeness (QED) is 0.690. The van der Waals surface area contributed by atoms with Crippen molar-refractivity contribution >= 4 is 0 Å². The fraction of sp³-hybridized carbons (Fsp3) is 0.600. The van der Waals surface area contributed by atoms with Crippen LogP contribution in [0.3, 0.4) is 0 Å². The zero-order valence-electron chi connectivity index (χ0n) is 11.8. The number of hydrogen-bond acceptors (Lipinski definition) is 1. The Hall–Kier alpha value is -1.33. The highest BCUT2D eigenvalue weighted by atomic mass is 19.4. The second-order valence-electron chi connectivity index (χ2n) is 5.85. The van der Waals surface area contributed by atoms with Crippen molar-refractivity contribution in [2.24, 2.45) is 5.92 Å².